The Morgan fingerprint density at radius 3 is 2.67 bits per heavy atom. The first kappa shape index (κ1) is 16.7. The normalized spacial score (nSPS) is 12.8. The predicted octanol–water partition coefficient (Wildman–Crippen LogP) is 4.55. The molecule has 0 aliphatic carbocycles. The van der Waals surface area contributed by atoms with Crippen LogP contribution < -0.4 is 5.32 Å². The van der Waals surface area contributed by atoms with Gasteiger partial charge in [0.1, 0.15) is 0 Å². The predicted molar refractivity (Wildman–Crippen MR) is 94.9 cm³/mol. The summed E-state index contributed by atoms with van der Waals surface area (Å²) in [6.07, 6.45) is 4.02. The fourth-order valence-electron chi connectivity index (χ4n) is 2.37. The van der Waals surface area contributed by atoms with Crippen molar-refractivity contribution < 1.29 is 0 Å². The molecule has 1 N–H and O–H groups in total. The molecule has 2 nitrogen and oxygen atoms in total. The van der Waals surface area contributed by atoms with Gasteiger partial charge in [0.05, 0.1) is 5.01 Å². The zero-order valence-corrected chi connectivity index (χ0v) is 15.1. The van der Waals surface area contributed by atoms with Gasteiger partial charge < -0.3 is 5.32 Å². The highest BCUT2D eigenvalue weighted by Crippen LogP contribution is 2.22. The molecule has 4 heteroatoms. The highest BCUT2D eigenvalue weighted by molar-refractivity contribution is 9.10. The Morgan fingerprint density at radius 2 is 2.00 bits per heavy atom. The second-order valence-corrected chi connectivity index (χ2v) is 7.68. The molecule has 2 rings (SSSR count). The van der Waals surface area contributed by atoms with E-state index >= 15 is 0 Å². The largest absolute Gasteiger partial charge is 0.316 e. The molecule has 1 heterocycles. The monoisotopic (exact) mass is 366 g/mol. The molecule has 0 fully saturated rings. The molecular formula is C17H23BrN2S. The van der Waals surface area contributed by atoms with Gasteiger partial charge in [0.2, 0.25) is 0 Å². The summed E-state index contributed by atoms with van der Waals surface area (Å²) in [7, 11) is 0. The van der Waals surface area contributed by atoms with Crippen molar-refractivity contribution in [2.45, 2.75) is 26.7 Å². The van der Waals surface area contributed by atoms with E-state index in [2.05, 4.69) is 69.7 Å². The van der Waals surface area contributed by atoms with Crippen molar-refractivity contribution in [1.29, 1.82) is 0 Å². The van der Waals surface area contributed by atoms with Gasteiger partial charge in [0.15, 0.2) is 0 Å². The van der Waals surface area contributed by atoms with Crippen molar-refractivity contribution in [2.24, 2.45) is 11.8 Å². The molecule has 0 saturated heterocycles. The molecule has 114 valence electrons. The average molecular weight is 367 g/mol. The Labute approximate surface area is 140 Å². The minimum atomic E-state index is 0.577. The molecule has 0 saturated carbocycles. The summed E-state index contributed by atoms with van der Waals surface area (Å²) in [6.45, 7) is 6.61. The summed E-state index contributed by atoms with van der Waals surface area (Å²) in [5, 5.41) is 6.90. The van der Waals surface area contributed by atoms with Crippen molar-refractivity contribution in [2.75, 3.05) is 13.1 Å². The van der Waals surface area contributed by atoms with Crippen LogP contribution in [0.4, 0.5) is 0 Å². The summed E-state index contributed by atoms with van der Waals surface area (Å²) in [5.74, 6) is 1.27. The minimum absolute atomic E-state index is 0.577. The van der Waals surface area contributed by atoms with Crippen molar-refractivity contribution >= 4 is 27.3 Å². The highest BCUT2D eigenvalue weighted by Gasteiger charge is 2.14. The molecule has 0 amide bonds. The number of benzene rings is 1. The average Bonchev–Trinajstić information content (AvgIpc) is 2.93. The molecule has 0 radical (unpaired) electrons. The lowest BCUT2D eigenvalue weighted by Gasteiger charge is -2.18. The van der Waals surface area contributed by atoms with E-state index in [4.69, 9.17) is 0 Å². The van der Waals surface area contributed by atoms with Crippen molar-refractivity contribution in [3.8, 4) is 0 Å². The number of nitrogens with zero attached hydrogens (tertiary/aromatic N) is 1. The molecule has 1 aromatic heterocycles. The lowest BCUT2D eigenvalue weighted by atomic mass is 9.96. The third-order valence-corrected chi connectivity index (χ3v) is 4.97. The third-order valence-electron chi connectivity index (χ3n) is 3.40. The van der Waals surface area contributed by atoms with Gasteiger partial charge in [-0.1, -0.05) is 48.0 Å². The number of hydrogen-bond donors (Lipinski definition) is 1. The number of nitrogens with one attached hydrogen (secondary N) is 1. The van der Waals surface area contributed by atoms with Gasteiger partial charge in [0.25, 0.3) is 0 Å². The quantitative estimate of drug-likeness (QED) is 0.740. The van der Waals surface area contributed by atoms with Crippen LogP contribution in [0.2, 0.25) is 0 Å². The molecular weight excluding hydrogens is 344 g/mol. The summed E-state index contributed by atoms with van der Waals surface area (Å²) in [6, 6.07) is 8.52. The first-order valence-electron chi connectivity index (χ1n) is 7.47. The fourth-order valence-corrected chi connectivity index (χ4v) is 3.55. The molecule has 0 bridgehead atoms. The molecule has 1 atom stereocenters. The number of hydrogen-bond acceptors (Lipinski definition) is 3. The smallest absolute Gasteiger partial charge is 0.0928 e. The van der Waals surface area contributed by atoms with Crippen LogP contribution in [-0.4, -0.2) is 18.1 Å². The van der Waals surface area contributed by atoms with Gasteiger partial charge in [-0.05, 0) is 43.0 Å². The van der Waals surface area contributed by atoms with Crippen LogP contribution in [0, 0.1) is 11.8 Å². The Kier molecular flexibility index (Phi) is 6.87. The highest BCUT2D eigenvalue weighted by atomic mass is 79.9. The lowest BCUT2D eigenvalue weighted by Crippen LogP contribution is -2.28. The summed E-state index contributed by atoms with van der Waals surface area (Å²) < 4.78 is 1.21. The first-order chi connectivity index (χ1) is 10.1. The van der Waals surface area contributed by atoms with E-state index in [-0.39, 0.29) is 0 Å². The first-order valence-corrected chi connectivity index (χ1v) is 9.15. The Balaban J connectivity index is 1.98. The van der Waals surface area contributed by atoms with Crippen LogP contribution in [0.15, 0.2) is 40.3 Å². The van der Waals surface area contributed by atoms with Crippen LogP contribution in [0.25, 0.3) is 0 Å². The van der Waals surface area contributed by atoms with E-state index in [1.165, 1.54) is 15.0 Å². The second-order valence-electron chi connectivity index (χ2n) is 5.84. The van der Waals surface area contributed by atoms with Crippen LogP contribution in [0.1, 0.15) is 24.4 Å². The molecule has 1 unspecified atom stereocenters. The molecule has 0 aliphatic rings. The Bertz CT molecular complexity index is 525. The summed E-state index contributed by atoms with van der Waals surface area (Å²) >= 11 is 5.42. The van der Waals surface area contributed by atoms with Crippen molar-refractivity contribution in [3.63, 3.8) is 0 Å². The van der Waals surface area contributed by atoms with E-state index in [1.54, 1.807) is 11.3 Å². The lowest BCUT2D eigenvalue weighted by molar-refractivity contribution is 0.444. The topological polar surface area (TPSA) is 24.9 Å². The zero-order valence-electron chi connectivity index (χ0n) is 12.7. The number of aromatic nitrogens is 1. The third kappa shape index (κ3) is 5.89. The summed E-state index contributed by atoms with van der Waals surface area (Å²) in [5.41, 5.74) is 1.38. The van der Waals surface area contributed by atoms with Gasteiger partial charge in [-0.15, -0.1) is 11.3 Å². The maximum atomic E-state index is 4.44. The Morgan fingerprint density at radius 1 is 1.19 bits per heavy atom. The number of thiazole rings is 1. The SMILES string of the molecule is CC(C)CNCC(Cc1nccs1)Cc1ccccc1Br. The van der Waals surface area contributed by atoms with E-state index in [1.807, 2.05) is 6.20 Å². The van der Waals surface area contributed by atoms with Gasteiger partial charge in [-0.2, -0.15) is 0 Å². The van der Waals surface area contributed by atoms with Crippen molar-refractivity contribution in [1.82, 2.24) is 10.3 Å². The minimum Gasteiger partial charge on any atom is -0.316 e. The molecule has 21 heavy (non-hydrogen) atoms. The number of halogens is 1. The van der Waals surface area contributed by atoms with Gasteiger partial charge >= 0.3 is 0 Å². The maximum absolute atomic E-state index is 4.44. The second kappa shape index (κ2) is 8.66. The van der Waals surface area contributed by atoms with E-state index in [9.17, 15) is 0 Å². The molecule has 0 aliphatic heterocycles. The standard InChI is InChI=1S/C17H23BrN2S/c1-13(2)11-19-12-14(10-17-20-7-8-21-17)9-15-5-3-4-6-16(15)18/h3-8,13-14,19H,9-12H2,1-2H3. The van der Waals surface area contributed by atoms with Gasteiger partial charge in [-0.3, -0.25) is 0 Å². The van der Waals surface area contributed by atoms with Crippen LogP contribution in [-0.2, 0) is 12.8 Å². The molecule has 0 spiro atoms. The van der Waals surface area contributed by atoms with E-state index in [0.29, 0.717) is 11.8 Å². The van der Waals surface area contributed by atoms with E-state index in [0.717, 1.165) is 25.9 Å². The Hall–Kier alpha value is -0.710. The van der Waals surface area contributed by atoms with Gasteiger partial charge in [0, 0.05) is 22.5 Å². The van der Waals surface area contributed by atoms with Gasteiger partial charge in [-0.25, -0.2) is 4.98 Å². The molecule has 2 aromatic rings. The fraction of sp³-hybridized carbons (Fsp3) is 0.471. The zero-order chi connectivity index (χ0) is 15.1. The summed E-state index contributed by atoms with van der Waals surface area (Å²) in [4.78, 5) is 4.44. The maximum Gasteiger partial charge on any atom is 0.0928 e. The van der Waals surface area contributed by atoms with Crippen LogP contribution in [0.5, 0.6) is 0 Å². The number of rotatable bonds is 8. The molecule has 1 aromatic carbocycles. The van der Waals surface area contributed by atoms with Crippen LogP contribution in [0.3, 0.4) is 0 Å². The van der Waals surface area contributed by atoms with Crippen LogP contribution >= 0.6 is 27.3 Å². The van der Waals surface area contributed by atoms with E-state index < -0.39 is 0 Å². The van der Waals surface area contributed by atoms with Crippen molar-refractivity contribution in [3.05, 3.63) is 50.9 Å².